The third-order valence-electron chi connectivity index (χ3n) is 3.43. The summed E-state index contributed by atoms with van der Waals surface area (Å²) in [4.78, 5) is 22.2. The molecule has 2 aromatic carbocycles. The zero-order valence-electron chi connectivity index (χ0n) is 13.4. The third-order valence-corrected chi connectivity index (χ3v) is 3.43. The highest BCUT2D eigenvalue weighted by molar-refractivity contribution is 5.93. The Morgan fingerprint density at radius 2 is 1.71 bits per heavy atom. The first-order valence-corrected chi connectivity index (χ1v) is 7.15. The molecule has 1 amide bonds. The smallest absolute Gasteiger partial charge is 0.248 e. The standard InChI is InChI=1S/C17H17N5O.ClH/c1-22(2)16-13-5-3-4-6-14(13)20-17(21-16)19-12-9-7-11(8-10-12)15(18)23;/h3-10H,1-2H3,(H2,18,23)(H,19,20,21);1H. The molecule has 124 valence electrons. The maximum Gasteiger partial charge on any atom is 0.248 e. The van der Waals surface area contributed by atoms with E-state index in [0.717, 1.165) is 22.4 Å². The molecule has 0 atom stereocenters. The van der Waals surface area contributed by atoms with Crippen molar-refractivity contribution in [3.63, 3.8) is 0 Å². The number of nitrogens with two attached hydrogens (primary N) is 1. The number of amides is 1. The molecule has 0 radical (unpaired) electrons. The van der Waals surface area contributed by atoms with Gasteiger partial charge in [-0.2, -0.15) is 4.98 Å². The van der Waals surface area contributed by atoms with Crippen LogP contribution in [-0.4, -0.2) is 30.0 Å². The monoisotopic (exact) mass is 343 g/mol. The van der Waals surface area contributed by atoms with Gasteiger partial charge in [-0.05, 0) is 36.4 Å². The van der Waals surface area contributed by atoms with Crippen molar-refractivity contribution in [2.24, 2.45) is 5.73 Å². The van der Waals surface area contributed by atoms with E-state index >= 15 is 0 Å². The van der Waals surface area contributed by atoms with Crippen LogP contribution in [0.3, 0.4) is 0 Å². The van der Waals surface area contributed by atoms with E-state index in [0.29, 0.717) is 11.5 Å². The van der Waals surface area contributed by atoms with Crippen LogP contribution in [0.25, 0.3) is 10.9 Å². The number of carbonyl (C=O) groups is 1. The molecule has 0 aliphatic carbocycles. The average Bonchev–Trinajstić information content (AvgIpc) is 2.54. The lowest BCUT2D eigenvalue weighted by Crippen LogP contribution is -2.13. The summed E-state index contributed by atoms with van der Waals surface area (Å²) in [7, 11) is 3.89. The average molecular weight is 344 g/mol. The van der Waals surface area contributed by atoms with Crippen molar-refractivity contribution < 1.29 is 4.79 Å². The van der Waals surface area contributed by atoms with Crippen molar-refractivity contribution in [1.29, 1.82) is 0 Å². The van der Waals surface area contributed by atoms with Gasteiger partial charge in [0.05, 0.1) is 5.52 Å². The Morgan fingerprint density at radius 1 is 1.04 bits per heavy atom. The summed E-state index contributed by atoms with van der Waals surface area (Å²) < 4.78 is 0. The van der Waals surface area contributed by atoms with Gasteiger partial charge in [-0.1, -0.05) is 12.1 Å². The Labute approximate surface area is 146 Å². The van der Waals surface area contributed by atoms with Crippen LogP contribution in [0.4, 0.5) is 17.5 Å². The molecule has 0 bridgehead atoms. The fourth-order valence-corrected chi connectivity index (χ4v) is 2.30. The van der Waals surface area contributed by atoms with Crippen LogP contribution in [0.2, 0.25) is 0 Å². The third kappa shape index (κ3) is 3.55. The van der Waals surface area contributed by atoms with E-state index in [1.807, 2.05) is 43.3 Å². The summed E-state index contributed by atoms with van der Waals surface area (Å²) >= 11 is 0. The van der Waals surface area contributed by atoms with Crippen LogP contribution in [0, 0.1) is 0 Å². The largest absolute Gasteiger partial charge is 0.366 e. The minimum atomic E-state index is -0.451. The number of para-hydroxylation sites is 1. The maximum atomic E-state index is 11.1. The number of fused-ring (bicyclic) bond motifs is 1. The molecule has 0 aliphatic rings. The second-order valence-electron chi connectivity index (χ2n) is 5.35. The predicted octanol–water partition coefficient (Wildman–Crippen LogP) is 2.96. The topological polar surface area (TPSA) is 84.1 Å². The molecule has 0 saturated heterocycles. The van der Waals surface area contributed by atoms with Crippen LogP contribution in [0.5, 0.6) is 0 Å². The van der Waals surface area contributed by atoms with Crippen LogP contribution in [0.15, 0.2) is 48.5 Å². The number of rotatable bonds is 4. The molecular formula is C17H18ClN5O. The molecule has 6 nitrogen and oxygen atoms in total. The quantitative estimate of drug-likeness (QED) is 0.760. The van der Waals surface area contributed by atoms with E-state index < -0.39 is 5.91 Å². The highest BCUT2D eigenvalue weighted by Crippen LogP contribution is 2.25. The fraction of sp³-hybridized carbons (Fsp3) is 0.118. The van der Waals surface area contributed by atoms with E-state index in [-0.39, 0.29) is 12.4 Å². The Kier molecular flexibility index (Phi) is 5.21. The lowest BCUT2D eigenvalue weighted by Gasteiger charge is -2.15. The van der Waals surface area contributed by atoms with Crippen molar-refractivity contribution in [3.8, 4) is 0 Å². The lowest BCUT2D eigenvalue weighted by atomic mass is 10.2. The van der Waals surface area contributed by atoms with Gasteiger partial charge in [-0.3, -0.25) is 4.79 Å². The summed E-state index contributed by atoms with van der Waals surface area (Å²) in [6.07, 6.45) is 0. The number of carbonyl (C=O) groups excluding carboxylic acids is 1. The Morgan fingerprint density at radius 3 is 2.33 bits per heavy atom. The molecule has 3 N–H and O–H groups in total. The molecule has 24 heavy (non-hydrogen) atoms. The van der Waals surface area contributed by atoms with Gasteiger partial charge < -0.3 is 16.0 Å². The van der Waals surface area contributed by atoms with E-state index in [9.17, 15) is 4.79 Å². The predicted molar refractivity (Wildman–Crippen MR) is 99.4 cm³/mol. The number of benzene rings is 2. The van der Waals surface area contributed by atoms with E-state index in [1.165, 1.54) is 0 Å². The number of nitrogens with one attached hydrogen (secondary N) is 1. The normalized spacial score (nSPS) is 10.1. The Balaban J connectivity index is 0.00000208. The zero-order chi connectivity index (χ0) is 16.4. The summed E-state index contributed by atoms with van der Waals surface area (Å²) in [6, 6.07) is 14.7. The molecule has 0 aliphatic heterocycles. The highest BCUT2D eigenvalue weighted by atomic mass is 35.5. The number of anilines is 3. The first-order valence-electron chi connectivity index (χ1n) is 7.15. The van der Waals surface area contributed by atoms with Crippen molar-refractivity contribution in [1.82, 2.24) is 9.97 Å². The SMILES string of the molecule is CN(C)c1nc(Nc2ccc(C(N)=O)cc2)nc2ccccc12.Cl. The number of primary amides is 1. The van der Waals surface area contributed by atoms with Crippen LogP contribution < -0.4 is 16.0 Å². The molecule has 1 aromatic heterocycles. The van der Waals surface area contributed by atoms with Crippen LogP contribution in [-0.2, 0) is 0 Å². The van der Waals surface area contributed by atoms with Crippen molar-refractivity contribution in [2.45, 2.75) is 0 Å². The molecule has 1 heterocycles. The number of hydrogen-bond acceptors (Lipinski definition) is 5. The van der Waals surface area contributed by atoms with Gasteiger partial charge in [-0.25, -0.2) is 4.98 Å². The molecule has 0 fully saturated rings. The van der Waals surface area contributed by atoms with Crippen LogP contribution >= 0.6 is 12.4 Å². The zero-order valence-corrected chi connectivity index (χ0v) is 14.2. The summed E-state index contributed by atoms with van der Waals surface area (Å²) in [5, 5.41) is 4.15. The molecule has 0 saturated carbocycles. The first-order chi connectivity index (χ1) is 11.0. The van der Waals surface area contributed by atoms with Crippen molar-refractivity contribution in [3.05, 3.63) is 54.1 Å². The molecule has 3 aromatic rings. The number of halogens is 1. The molecule has 0 spiro atoms. The van der Waals surface area contributed by atoms with Gasteiger partial charge >= 0.3 is 0 Å². The van der Waals surface area contributed by atoms with Gasteiger partial charge in [0, 0.05) is 30.7 Å². The second-order valence-corrected chi connectivity index (χ2v) is 5.35. The number of hydrogen-bond donors (Lipinski definition) is 2. The Bertz CT molecular complexity index is 864. The summed E-state index contributed by atoms with van der Waals surface area (Å²) in [6.45, 7) is 0. The van der Waals surface area contributed by atoms with Crippen molar-refractivity contribution >= 4 is 46.7 Å². The summed E-state index contributed by atoms with van der Waals surface area (Å²) in [5.41, 5.74) is 7.35. The van der Waals surface area contributed by atoms with E-state index in [4.69, 9.17) is 5.73 Å². The van der Waals surface area contributed by atoms with Gasteiger partial charge in [0.15, 0.2) is 0 Å². The number of nitrogens with zero attached hydrogens (tertiary/aromatic N) is 3. The molecule has 3 rings (SSSR count). The molecule has 7 heteroatoms. The minimum absolute atomic E-state index is 0. The van der Waals surface area contributed by atoms with Crippen molar-refractivity contribution in [2.75, 3.05) is 24.3 Å². The number of aromatic nitrogens is 2. The van der Waals surface area contributed by atoms with Gasteiger partial charge in [0.2, 0.25) is 11.9 Å². The Hall–Kier alpha value is -2.86. The fourth-order valence-electron chi connectivity index (χ4n) is 2.30. The van der Waals surface area contributed by atoms with Gasteiger partial charge in [0.25, 0.3) is 0 Å². The highest BCUT2D eigenvalue weighted by Gasteiger charge is 2.09. The maximum absolute atomic E-state index is 11.1. The minimum Gasteiger partial charge on any atom is -0.366 e. The lowest BCUT2D eigenvalue weighted by molar-refractivity contribution is 0.100. The molecular weight excluding hydrogens is 326 g/mol. The van der Waals surface area contributed by atoms with Gasteiger partial charge in [0.1, 0.15) is 5.82 Å². The van der Waals surface area contributed by atoms with Gasteiger partial charge in [-0.15, -0.1) is 12.4 Å². The second kappa shape index (κ2) is 7.14. The molecule has 0 unspecified atom stereocenters. The van der Waals surface area contributed by atoms with E-state index in [1.54, 1.807) is 24.3 Å². The summed E-state index contributed by atoms with van der Waals surface area (Å²) in [5.74, 6) is 0.888. The first kappa shape index (κ1) is 17.5. The van der Waals surface area contributed by atoms with Crippen LogP contribution in [0.1, 0.15) is 10.4 Å². The van der Waals surface area contributed by atoms with E-state index in [2.05, 4.69) is 15.3 Å².